The summed E-state index contributed by atoms with van der Waals surface area (Å²) in [5, 5.41) is 3.15. The second-order valence-electron chi connectivity index (χ2n) is 4.39. The van der Waals surface area contributed by atoms with Gasteiger partial charge in [0.1, 0.15) is 0 Å². The van der Waals surface area contributed by atoms with Crippen LogP contribution in [0.1, 0.15) is 26.2 Å². The van der Waals surface area contributed by atoms with Gasteiger partial charge in [0.15, 0.2) is 5.82 Å². The molecular formula is C11H16FN3. The lowest BCUT2D eigenvalue weighted by molar-refractivity contribution is 0.535. The van der Waals surface area contributed by atoms with Gasteiger partial charge in [0.25, 0.3) is 0 Å². The van der Waals surface area contributed by atoms with Gasteiger partial charge in [-0.1, -0.05) is 13.3 Å². The molecule has 0 aromatic carbocycles. The van der Waals surface area contributed by atoms with E-state index in [1.807, 2.05) is 0 Å². The van der Waals surface area contributed by atoms with Crippen LogP contribution in [0.25, 0.3) is 0 Å². The Labute approximate surface area is 89.1 Å². The highest BCUT2D eigenvalue weighted by Gasteiger charge is 2.20. The first kappa shape index (κ1) is 10.3. The van der Waals surface area contributed by atoms with Crippen LogP contribution in [0, 0.1) is 17.7 Å². The smallest absolute Gasteiger partial charge is 0.222 e. The lowest BCUT2D eigenvalue weighted by Crippen LogP contribution is -2.13. The zero-order valence-electron chi connectivity index (χ0n) is 8.91. The molecule has 1 aromatic rings. The van der Waals surface area contributed by atoms with Crippen molar-refractivity contribution in [3.05, 3.63) is 18.2 Å². The van der Waals surface area contributed by atoms with Crippen molar-refractivity contribution in [2.75, 3.05) is 11.9 Å². The van der Waals surface area contributed by atoms with Gasteiger partial charge in [-0.15, -0.1) is 0 Å². The van der Waals surface area contributed by atoms with E-state index >= 15 is 0 Å². The fraction of sp³-hybridized carbons (Fsp3) is 0.636. The Balaban J connectivity index is 1.80. The molecule has 1 aromatic heterocycles. The molecule has 0 saturated heterocycles. The van der Waals surface area contributed by atoms with E-state index in [1.54, 1.807) is 0 Å². The summed E-state index contributed by atoms with van der Waals surface area (Å²) < 4.78 is 12.5. The van der Waals surface area contributed by atoms with Crippen molar-refractivity contribution in [2.45, 2.75) is 26.2 Å². The van der Waals surface area contributed by atoms with Gasteiger partial charge in [-0.3, -0.25) is 0 Å². The Hall–Kier alpha value is -1.19. The number of nitrogens with zero attached hydrogens (tertiary/aromatic N) is 2. The molecule has 1 N–H and O–H groups in total. The highest BCUT2D eigenvalue weighted by atomic mass is 19.1. The molecule has 1 aliphatic rings. The maximum Gasteiger partial charge on any atom is 0.222 e. The summed E-state index contributed by atoms with van der Waals surface area (Å²) in [6.07, 6.45) is 6.24. The lowest BCUT2D eigenvalue weighted by atomic mass is 10.1. The maximum atomic E-state index is 12.5. The third-order valence-corrected chi connectivity index (χ3v) is 2.97. The monoisotopic (exact) mass is 209 g/mol. The molecule has 1 fully saturated rings. The maximum absolute atomic E-state index is 12.5. The van der Waals surface area contributed by atoms with Gasteiger partial charge in [-0.05, 0) is 24.7 Å². The molecule has 4 heteroatoms. The van der Waals surface area contributed by atoms with Crippen LogP contribution in [0.5, 0.6) is 0 Å². The van der Waals surface area contributed by atoms with E-state index < -0.39 is 5.82 Å². The second-order valence-corrected chi connectivity index (χ2v) is 4.39. The van der Waals surface area contributed by atoms with Gasteiger partial charge in [0, 0.05) is 6.54 Å². The molecule has 82 valence electrons. The summed E-state index contributed by atoms with van der Waals surface area (Å²) in [5.74, 6) is 1.69. The molecule has 2 rings (SSSR count). The normalized spacial score (nSPS) is 25.5. The fourth-order valence-corrected chi connectivity index (χ4v) is 2.15. The second kappa shape index (κ2) is 4.55. The van der Waals surface area contributed by atoms with Crippen molar-refractivity contribution in [3.63, 3.8) is 0 Å². The van der Waals surface area contributed by atoms with E-state index in [9.17, 15) is 4.39 Å². The molecule has 3 nitrogen and oxygen atoms in total. The minimum atomic E-state index is -0.393. The summed E-state index contributed by atoms with van der Waals surface area (Å²) in [7, 11) is 0. The van der Waals surface area contributed by atoms with Crippen LogP contribution in [0.15, 0.2) is 12.4 Å². The van der Waals surface area contributed by atoms with E-state index in [1.165, 1.54) is 31.7 Å². The Morgan fingerprint density at radius 2 is 2.13 bits per heavy atom. The highest BCUT2D eigenvalue weighted by molar-refractivity contribution is 5.22. The molecule has 2 atom stereocenters. The van der Waals surface area contributed by atoms with Crippen LogP contribution in [-0.2, 0) is 0 Å². The average molecular weight is 209 g/mol. The van der Waals surface area contributed by atoms with E-state index in [-0.39, 0.29) is 0 Å². The number of hydrogen-bond acceptors (Lipinski definition) is 3. The van der Waals surface area contributed by atoms with Crippen LogP contribution >= 0.6 is 0 Å². The Bertz CT molecular complexity index is 312. The molecule has 0 radical (unpaired) electrons. The van der Waals surface area contributed by atoms with Gasteiger partial charge >= 0.3 is 0 Å². The molecule has 1 aliphatic carbocycles. The van der Waals surface area contributed by atoms with Crippen LogP contribution in [0.3, 0.4) is 0 Å². The van der Waals surface area contributed by atoms with Crippen molar-refractivity contribution >= 4 is 5.95 Å². The lowest BCUT2D eigenvalue weighted by Gasteiger charge is -2.10. The third kappa shape index (κ3) is 2.88. The molecule has 0 bridgehead atoms. The minimum Gasteiger partial charge on any atom is -0.354 e. The SMILES string of the molecule is CC1CCC(CNc2ncc(F)cn2)C1. The topological polar surface area (TPSA) is 37.8 Å². The van der Waals surface area contributed by atoms with Gasteiger partial charge in [-0.2, -0.15) is 0 Å². The van der Waals surface area contributed by atoms with Crippen LogP contribution in [0.2, 0.25) is 0 Å². The molecule has 0 spiro atoms. The highest BCUT2D eigenvalue weighted by Crippen LogP contribution is 2.30. The predicted octanol–water partition coefficient (Wildman–Crippen LogP) is 2.46. The molecule has 15 heavy (non-hydrogen) atoms. The summed E-state index contributed by atoms with van der Waals surface area (Å²) in [6, 6.07) is 0. The molecule has 0 amide bonds. The fourth-order valence-electron chi connectivity index (χ4n) is 2.15. The number of anilines is 1. The van der Waals surface area contributed by atoms with Gasteiger partial charge in [0.05, 0.1) is 12.4 Å². The zero-order valence-corrected chi connectivity index (χ0v) is 8.91. The average Bonchev–Trinajstić information content (AvgIpc) is 2.64. The first-order valence-corrected chi connectivity index (χ1v) is 5.45. The predicted molar refractivity (Wildman–Crippen MR) is 57.0 cm³/mol. The standard InChI is InChI=1S/C11H16FN3/c1-8-2-3-9(4-8)5-13-11-14-6-10(12)7-15-11/h6-9H,2-5H2,1H3,(H,13,14,15). The number of halogens is 1. The van der Waals surface area contributed by atoms with Crippen LogP contribution < -0.4 is 5.32 Å². The van der Waals surface area contributed by atoms with E-state index in [2.05, 4.69) is 22.2 Å². The Kier molecular flexibility index (Phi) is 3.14. The number of aromatic nitrogens is 2. The van der Waals surface area contributed by atoms with Crippen molar-refractivity contribution < 1.29 is 4.39 Å². The van der Waals surface area contributed by atoms with E-state index in [0.29, 0.717) is 11.9 Å². The third-order valence-electron chi connectivity index (χ3n) is 2.97. The van der Waals surface area contributed by atoms with E-state index in [4.69, 9.17) is 0 Å². The van der Waals surface area contributed by atoms with Crippen molar-refractivity contribution in [3.8, 4) is 0 Å². The minimum absolute atomic E-state index is 0.393. The quantitative estimate of drug-likeness (QED) is 0.831. The summed E-state index contributed by atoms with van der Waals surface area (Å²) in [5.41, 5.74) is 0. The first-order valence-electron chi connectivity index (χ1n) is 5.45. The Morgan fingerprint density at radius 1 is 1.40 bits per heavy atom. The molecule has 1 heterocycles. The Morgan fingerprint density at radius 3 is 2.73 bits per heavy atom. The van der Waals surface area contributed by atoms with Gasteiger partial charge < -0.3 is 5.32 Å². The largest absolute Gasteiger partial charge is 0.354 e. The summed E-state index contributed by atoms with van der Waals surface area (Å²) in [4.78, 5) is 7.72. The van der Waals surface area contributed by atoms with Crippen molar-refractivity contribution in [1.82, 2.24) is 9.97 Å². The number of hydrogen-bond donors (Lipinski definition) is 1. The first-order chi connectivity index (χ1) is 7.24. The zero-order chi connectivity index (χ0) is 10.7. The van der Waals surface area contributed by atoms with Crippen molar-refractivity contribution in [1.29, 1.82) is 0 Å². The number of nitrogens with one attached hydrogen (secondary N) is 1. The van der Waals surface area contributed by atoms with Gasteiger partial charge in [-0.25, -0.2) is 14.4 Å². The molecule has 1 saturated carbocycles. The number of rotatable bonds is 3. The molecule has 0 aliphatic heterocycles. The molecule has 2 unspecified atom stereocenters. The van der Waals surface area contributed by atoms with Crippen LogP contribution in [0.4, 0.5) is 10.3 Å². The summed E-state index contributed by atoms with van der Waals surface area (Å²) in [6.45, 7) is 3.18. The van der Waals surface area contributed by atoms with E-state index in [0.717, 1.165) is 12.5 Å². The van der Waals surface area contributed by atoms with Gasteiger partial charge in [0.2, 0.25) is 5.95 Å². The molecular weight excluding hydrogens is 193 g/mol. The van der Waals surface area contributed by atoms with Crippen molar-refractivity contribution in [2.24, 2.45) is 11.8 Å². The summed E-state index contributed by atoms with van der Waals surface area (Å²) >= 11 is 0. The van der Waals surface area contributed by atoms with Crippen LogP contribution in [-0.4, -0.2) is 16.5 Å².